The number of aliphatic hydroxyl groups excluding tert-OH is 1. The highest BCUT2D eigenvalue weighted by atomic mass is 16.3. The van der Waals surface area contributed by atoms with Crippen LogP contribution in [0.3, 0.4) is 0 Å². The zero-order chi connectivity index (χ0) is 10.1. The van der Waals surface area contributed by atoms with Crippen LogP contribution in [0.25, 0.3) is 0 Å². The average molecular weight is 194 g/mol. The molecule has 0 aliphatic heterocycles. The van der Waals surface area contributed by atoms with Gasteiger partial charge in [0.15, 0.2) is 0 Å². The summed E-state index contributed by atoms with van der Waals surface area (Å²) in [6, 6.07) is 1.88. The Labute approximate surface area is 82.3 Å². The van der Waals surface area contributed by atoms with Crippen molar-refractivity contribution in [1.82, 2.24) is 4.57 Å². The van der Waals surface area contributed by atoms with E-state index in [4.69, 9.17) is 5.73 Å². The Bertz CT molecular complexity index is 357. The summed E-state index contributed by atoms with van der Waals surface area (Å²) in [6.45, 7) is 0.210. The van der Waals surface area contributed by atoms with Gasteiger partial charge in [-0.05, 0) is 25.3 Å². The van der Waals surface area contributed by atoms with Gasteiger partial charge in [-0.3, -0.25) is 4.79 Å². The molecule has 0 bridgehead atoms. The summed E-state index contributed by atoms with van der Waals surface area (Å²) in [6.07, 6.45) is 4.16. The first-order chi connectivity index (χ1) is 6.68. The van der Waals surface area contributed by atoms with E-state index in [0.29, 0.717) is 0 Å². The molecule has 1 aromatic heterocycles. The van der Waals surface area contributed by atoms with Gasteiger partial charge in [0.25, 0.3) is 0 Å². The summed E-state index contributed by atoms with van der Waals surface area (Å²) in [4.78, 5) is 10.8. The Morgan fingerprint density at radius 2 is 2.50 bits per heavy atom. The molecule has 4 nitrogen and oxygen atoms in total. The van der Waals surface area contributed by atoms with E-state index in [0.717, 1.165) is 30.5 Å². The zero-order valence-corrected chi connectivity index (χ0v) is 7.94. The third-order valence-corrected chi connectivity index (χ3v) is 2.69. The molecular weight excluding hydrogens is 180 g/mol. The number of amides is 1. The number of hydrogen-bond acceptors (Lipinski definition) is 2. The predicted octanol–water partition coefficient (Wildman–Crippen LogP) is 0.343. The van der Waals surface area contributed by atoms with E-state index in [1.807, 2.05) is 16.8 Å². The van der Waals surface area contributed by atoms with Crippen molar-refractivity contribution < 1.29 is 9.90 Å². The van der Waals surface area contributed by atoms with Gasteiger partial charge >= 0.3 is 0 Å². The lowest BCUT2D eigenvalue weighted by Crippen LogP contribution is -2.21. The van der Waals surface area contributed by atoms with Gasteiger partial charge in [-0.1, -0.05) is 0 Å². The second-order valence-electron chi connectivity index (χ2n) is 3.72. The zero-order valence-electron chi connectivity index (χ0n) is 7.94. The fourth-order valence-corrected chi connectivity index (χ4v) is 2.05. The van der Waals surface area contributed by atoms with Gasteiger partial charge in [0.05, 0.1) is 6.10 Å². The molecule has 1 amide bonds. The number of aromatic nitrogens is 1. The smallest absolute Gasteiger partial charge is 0.237 e. The molecule has 1 atom stereocenters. The van der Waals surface area contributed by atoms with Crippen molar-refractivity contribution in [3.05, 3.63) is 23.5 Å². The monoisotopic (exact) mass is 194 g/mol. The van der Waals surface area contributed by atoms with Gasteiger partial charge in [-0.15, -0.1) is 0 Å². The van der Waals surface area contributed by atoms with E-state index in [2.05, 4.69) is 0 Å². The molecule has 0 fully saturated rings. The van der Waals surface area contributed by atoms with Crippen LogP contribution in [0.4, 0.5) is 0 Å². The molecule has 0 spiro atoms. The van der Waals surface area contributed by atoms with Crippen LogP contribution in [0.1, 0.15) is 30.2 Å². The van der Waals surface area contributed by atoms with Crippen LogP contribution in [0.15, 0.2) is 12.3 Å². The lowest BCUT2D eigenvalue weighted by Gasteiger charge is -2.19. The molecule has 1 heterocycles. The summed E-state index contributed by atoms with van der Waals surface area (Å²) >= 11 is 0. The van der Waals surface area contributed by atoms with Crippen molar-refractivity contribution in [1.29, 1.82) is 0 Å². The molecule has 0 aromatic carbocycles. The third kappa shape index (κ3) is 1.53. The maximum Gasteiger partial charge on any atom is 0.237 e. The molecular formula is C10H14N2O2. The lowest BCUT2D eigenvalue weighted by atomic mass is 9.95. The number of nitrogens with zero attached hydrogens (tertiary/aromatic N) is 1. The number of fused-ring (bicyclic) bond motifs is 1. The minimum Gasteiger partial charge on any atom is -0.388 e. The molecule has 3 N–H and O–H groups in total. The van der Waals surface area contributed by atoms with Crippen molar-refractivity contribution in [2.75, 3.05) is 0 Å². The molecule has 1 unspecified atom stereocenters. The van der Waals surface area contributed by atoms with E-state index >= 15 is 0 Å². The normalized spacial score (nSPS) is 20.5. The minimum atomic E-state index is -0.368. The minimum absolute atomic E-state index is 0.210. The Kier molecular flexibility index (Phi) is 2.29. The predicted molar refractivity (Wildman–Crippen MR) is 51.5 cm³/mol. The number of aliphatic hydroxyl groups is 1. The first kappa shape index (κ1) is 9.27. The highest BCUT2D eigenvalue weighted by Crippen LogP contribution is 2.30. The summed E-state index contributed by atoms with van der Waals surface area (Å²) in [5, 5.41) is 9.68. The van der Waals surface area contributed by atoms with Crippen LogP contribution in [0.2, 0.25) is 0 Å². The van der Waals surface area contributed by atoms with Crippen LogP contribution in [-0.2, 0) is 17.8 Å². The van der Waals surface area contributed by atoms with E-state index in [-0.39, 0.29) is 18.6 Å². The van der Waals surface area contributed by atoms with Gasteiger partial charge in [0.2, 0.25) is 5.91 Å². The van der Waals surface area contributed by atoms with E-state index in [1.54, 1.807) is 0 Å². The van der Waals surface area contributed by atoms with Gasteiger partial charge in [-0.2, -0.15) is 0 Å². The fraction of sp³-hybridized carbons (Fsp3) is 0.500. The molecule has 0 saturated carbocycles. The summed E-state index contributed by atoms with van der Waals surface area (Å²) in [5.74, 6) is -0.344. The fourth-order valence-electron chi connectivity index (χ4n) is 2.05. The number of nitrogens with two attached hydrogens (primary N) is 1. The first-order valence-corrected chi connectivity index (χ1v) is 4.83. The number of primary amides is 1. The third-order valence-electron chi connectivity index (χ3n) is 2.69. The van der Waals surface area contributed by atoms with E-state index < -0.39 is 0 Å². The summed E-state index contributed by atoms with van der Waals surface area (Å²) in [5.41, 5.74) is 7.14. The van der Waals surface area contributed by atoms with Crippen LogP contribution < -0.4 is 5.73 Å². The van der Waals surface area contributed by atoms with Crippen LogP contribution in [-0.4, -0.2) is 15.6 Å². The Hall–Kier alpha value is -1.29. The molecule has 1 aliphatic carbocycles. The van der Waals surface area contributed by atoms with Crippen molar-refractivity contribution in [2.45, 2.75) is 31.9 Å². The molecule has 1 aliphatic rings. The second kappa shape index (κ2) is 3.46. The summed E-state index contributed by atoms with van der Waals surface area (Å²) < 4.78 is 1.83. The number of rotatable bonds is 2. The van der Waals surface area contributed by atoms with Crippen LogP contribution in [0, 0.1) is 0 Å². The largest absolute Gasteiger partial charge is 0.388 e. The number of carbonyl (C=O) groups is 1. The van der Waals surface area contributed by atoms with Crippen molar-refractivity contribution in [2.24, 2.45) is 5.73 Å². The highest BCUT2D eigenvalue weighted by molar-refractivity contribution is 5.73. The van der Waals surface area contributed by atoms with Gasteiger partial charge in [0.1, 0.15) is 6.54 Å². The first-order valence-electron chi connectivity index (χ1n) is 4.83. The number of carbonyl (C=O) groups excluding carboxylic acids is 1. The molecule has 0 saturated heterocycles. The molecule has 14 heavy (non-hydrogen) atoms. The molecule has 1 aromatic rings. The van der Waals surface area contributed by atoms with Crippen LogP contribution in [0.5, 0.6) is 0 Å². The Morgan fingerprint density at radius 3 is 3.21 bits per heavy atom. The molecule has 76 valence electrons. The second-order valence-corrected chi connectivity index (χ2v) is 3.72. The maximum atomic E-state index is 10.8. The van der Waals surface area contributed by atoms with E-state index in [1.165, 1.54) is 0 Å². The average Bonchev–Trinajstić information content (AvgIpc) is 2.49. The Morgan fingerprint density at radius 1 is 1.71 bits per heavy atom. The molecule has 0 radical (unpaired) electrons. The molecule has 4 heteroatoms. The van der Waals surface area contributed by atoms with E-state index in [9.17, 15) is 9.90 Å². The van der Waals surface area contributed by atoms with Crippen LogP contribution >= 0.6 is 0 Å². The Balaban J connectivity index is 2.31. The summed E-state index contributed by atoms with van der Waals surface area (Å²) in [7, 11) is 0. The SMILES string of the molecule is NC(=O)Cn1ccc2c1CCCC2O. The topological polar surface area (TPSA) is 68.2 Å². The maximum absolute atomic E-state index is 10.8. The quantitative estimate of drug-likeness (QED) is 0.713. The molecule has 2 rings (SSSR count). The van der Waals surface area contributed by atoms with Crippen molar-refractivity contribution in [3.8, 4) is 0 Å². The van der Waals surface area contributed by atoms with Gasteiger partial charge in [-0.25, -0.2) is 0 Å². The standard InChI is InChI=1S/C10H14N2O2/c11-10(14)6-12-5-4-7-8(12)2-1-3-9(7)13/h4-5,9,13H,1-3,6H2,(H2,11,14). The van der Waals surface area contributed by atoms with Crippen molar-refractivity contribution in [3.63, 3.8) is 0 Å². The van der Waals surface area contributed by atoms with Gasteiger partial charge in [0, 0.05) is 17.5 Å². The van der Waals surface area contributed by atoms with Gasteiger partial charge < -0.3 is 15.4 Å². The highest BCUT2D eigenvalue weighted by Gasteiger charge is 2.21. The lowest BCUT2D eigenvalue weighted by molar-refractivity contribution is -0.118. The number of hydrogen-bond donors (Lipinski definition) is 2. The van der Waals surface area contributed by atoms with Crippen molar-refractivity contribution >= 4 is 5.91 Å².